The molecule has 0 aliphatic carbocycles. The van der Waals surface area contributed by atoms with E-state index in [1.807, 2.05) is 0 Å². The SMILES string of the molecule is CCCCC/C=C/CC/C=C/CC/C=C/C(O)C(CS(=O)(=O)O)NC(=O)C(O)CCCCCCCC/C=C\CCCCCCCCCCCCCC. The Morgan fingerprint density at radius 3 is 1.31 bits per heavy atom. The first-order chi connectivity index (χ1) is 25.2. The van der Waals surface area contributed by atoms with Crippen LogP contribution in [0.5, 0.6) is 0 Å². The van der Waals surface area contributed by atoms with Gasteiger partial charge in [0.15, 0.2) is 0 Å². The average molecular weight is 752 g/mol. The highest BCUT2D eigenvalue weighted by Crippen LogP contribution is 2.14. The topological polar surface area (TPSA) is 124 Å². The Labute approximate surface area is 321 Å². The summed E-state index contributed by atoms with van der Waals surface area (Å²) in [5.41, 5.74) is 0. The zero-order valence-electron chi connectivity index (χ0n) is 33.5. The molecule has 7 nitrogen and oxygen atoms in total. The van der Waals surface area contributed by atoms with Crippen LogP contribution in [0.15, 0.2) is 48.6 Å². The lowest BCUT2D eigenvalue weighted by atomic mass is 10.0. The van der Waals surface area contributed by atoms with Crippen LogP contribution in [0.1, 0.15) is 200 Å². The second kappa shape index (κ2) is 37.6. The molecule has 0 bridgehead atoms. The number of aliphatic hydroxyl groups is 2. The number of hydrogen-bond donors (Lipinski definition) is 4. The van der Waals surface area contributed by atoms with Crippen molar-refractivity contribution in [2.75, 3.05) is 5.75 Å². The molecule has 3 unspecified atom stereocenters. The number of aliphatic hydroxyl groups excluding tert-OH is 2. The van der Waals surface area contributed by atoms with Crippen molar-refractivity contribution in [3.63, 3.8) is 0 Å². The number of carbonyl (C=O) groups excluding carboxylic acids is 1. The van der Waals surface area contributed by atoms with Crippen LogP contribution in [-0.4, -0.2) is 53.1 Å². The number of unbranched alkanes of at least 4 members (excludes halogenated alkanes) is 23. The number of amides is 1. The lowest BCUT2D eigenvalue weighted by molar-refractivity contribution is -0.130. The Kier molecular flexibility index (Phi) is 36.3. The molecule has 0 aromatic carbocycles. The van der Waals surface area contributed by atoms with Crippen LogP contribution < -0.4 is 5.32 Å². The third-order valence-corrected chi connectivity index (χ3v) is 10.3. The van der Waals surface area contributed by atoms with Gasteiger partial charge in [-0.15, -0.1) is 0 Å². The van der Waals surface area contributed by atoms with Gasteiger partial charge in [-0.3, -0.25) is 9.35 Å². The van der Waals surface area contributed by atoms with E-state index in [9.17, 15) is 28.0 Å². The molecule has 304 valence electrons. The predicted molar refractivity (Wildman–Crippen MR) is 222 cm³/mol. The van der Waals surface area contributed by atoms with E-state index in [-0.39, 0.29) is 6.42 Å². The minimum atomic E-state index is -4.46. The zero-order chi connectivity index (χ0) is 38.4. The van der Waals surface area contributed by atoms with Gasteiger partial charge in [0.05, 0.1) is 17.9 Å². The van der Waals surface area contributed by atoms with E-state index < -0.39 is 40.0 Å². The maximum absolute atomic E-state index is 12.6. The van der Waals surface area contributed by atoms with Gasteiger partial charge in [-0.2, -0.15) is 8.42 Å². The summed E-state index contributed by atoms with van der Waals surface area (Å²) in [5, 5.41) is 23.3. The summed E-state index contributed by atoms with van der Waals surface area (Å²) >= 11 is 0. The number of nitrogens with one attached hydrogen (secondary N) is 1. The molecule has 0 rings (SSSR count). The Balaban J connectivity index is 4.01. The van der Waals surface area contributed by atoms with Crippen LogP contribution in [0.4, 0.5) is 0 Å². The van der Waals surface area contributed by atoms with Gasteiger partial charge in [0.2, 0.25) is 5.91 Å². The van der Waals surface area contributed by atoms with Gasteiger partial charge in [-0.25, -0.2) is 0 Å². The van der Waals surface area contributed by atoms with Gasteiger partial charge >= 0.3 is 0 Å². The highest BCUT2D eigenvalue weighted by atomic mass is 32.2. The summed E-state index contributed by atoms with van der Waals surface area (Å²) in [6.45, 7) is 4.48. The first-order valence-electron chi connectivity index (χ1n) is 21.4. The molecule has 52 heavy (non-hydrogen) atoms. The van der Waals surface area contributed by atoms with Crippen LogP contribution in [0, 0.1) is 0 Å². The maximum Gasteiger partial charge on any atom is 0.267 e. The van der Waals surface area contributed by atoms with Gasteiger partial charge in [0.1, 0.15) is 6.10 Å². The van der Waals surface area contributed by atoms with Gasteiger partial charge in [-0.1, -0.05) is 178 Å². The lowest BCUT2D eigenvalue weighted by Gasteiger charge is -2.22. The molecule has 8 heteroatoms. The van der Waals surface area contributed by atoms with Crippen molar-refractivity contribution in [3.05, 3.63) is 48.6 Å². The van der Waals surface area contributed by atoms with Gasteiger partial charge < -0.3 is 15.5 Å². The van der Waals surface area contributed by atoms with E-state index >= 15 is 0 Å². The van der Waals surface area contributed by atoms with Crippen molar-refractivity contribution in [1.29, 1.82) is 0 Å². The molecular weight excluding hydrogens is 671 g/mol. The number of allylic oxidation sites excluding steroid dienone is 7. The van der Waals surface area contributed by atoms with E-state index in [1.54, 1.807) is 6.08 Å². The molecule has 0 aliphatic rings. The molecule has 0 aromatic rings. The zero-order valence-corrected chi connectivity index (χ0v) is 34.4. The van der Waals surface area contributed by atoms with Crippen molar-refractivity contribution in [2.45, 2.75) is 218 Å². The summed E-state index contributed by atoms with van der Waals surface area (Å²) in [5.74, 6) is -1.57. The van der Waals surface area contributed by atoms with Crippen LogP contribution in [0.3, 0.4) is 0 Å². The minimum absolute atomic E-state index is 0.263. The van der Waals surface area contributed by atoms with Gasteiger partial charge in [0.25, 0.3) is 10.1 Å². The fourth-order valence-electron chi connectivity index (χ4n) is 6.25. The average Bonchev–Trinajstić information content (AvgIpc) is 3.11. The Hall–Kier alpha value is -1.74. The highest BCUT2D eigenvalue weighted by Gasteiger charge is 2.27. The van der Waals surface area contributed by atoms with Gasteiger partial charge in [0, 0.05) is 0 Å². The number of rotatable bonds is 38. The number of carbonyl (C=O) groups is 1. The first kappa shape index (κ1) is 50.3. The van der Waals surface area contributed by atoms with Crippen LogP contribution in [0.2, 0.25) is 0 Å². The standard InChI is InChI=1S/C44H81NO6S/c1-3-5-7-9-11-13-15-17-18-19-20-21-22-23-24-25-27-29-31-33-35-37-39-43(47)44(48)45-41(40-52(49,50)51)42(46)38-36-34-32-30-28-26-16-14-12-10-8-6-4-2/h12,14,23-24,28,30,36,38,41-43,46-47H,3-11,13,15-22,25-27,29,31-35,37,39-40H2,1-2H3,(H,45,48)(H,49,50,51)/b14-12+,24-23-,30-28+,38-36+. The second-order valence-corrected chi connectivity index (χ2v) is 16.2. The van der Waals surface area contributed by atoms with E-state index in [0.717, 1.165) is 51.4 Å². The Bertz CT molecular complexity index is 1020. The monoisotopic (exact) mass is 752 g/mol. The van der Waals surface area contributed by atoms with E-state index in [4.69, 9.17) is 0 Å². The second-order valence-electron chi connectivity index (χ2n) is 14.7. The van der Waals surface area contributed by atoms with Crippen molar-refractivity contribution in [3.8, 4) is 0 Å². The molecule has 0 fully saturated rings. The molecule has 0 heterocycles. The Morgan fingerprint density at radius 2 is 0.865 bits per heavy atom. The summed E-state index contributed by atoms with van der Waals surface area (Å²) in [7, 11) is -4.46. The van der Waals surface area contributed by atoms with Crippen LogP contribution >= 0.6 is 0 Å². The molecule has 3 atom stereocenters. The summed E-state index contributed by atoms with van der Waals surface area (Å²) < 4.78 is 32.5. The van der Waals surface area contributed by atoms with E-state index in [2.05, 4.69) is 55.6 Å². The van der Waals surface area contributed by atoms with E-state index in [0.29, 0.717) is 12.8 Å². The van der Waals surface area contributed by atoms with Crippen LogP contribution in [-0.2, 0) is 14.9 Å². The predicted octanol–water partition coefficient (Wildman–Crippen LogP) is 11.7. The summed E-state index contributed by atoms with van der Waals surface area (Å²) in [4.78, 5) is 12.6. The fraction of sp³-hybridized carbons (Fsp3) is 0.795. The molecule has 0 saturated heterocycles. The van der Waals surface area contributed by atoms with Crippen molar-refractivity contribution in [1.82, 2.24) is 5.32 Å². The van der Waals surface area contributed by atoms with Crippen molar-refractivity contribution < 1.29 is 28.0 Å². The third kappa shape index (κ3) is 36.6. The molecule has 0 aromatic heterocycles. The van der Waals surface area contributed by atoms with E-state index in [1.165, 1.54) is 122 Å². The quantitative estimate of drug-likeness (QED) is 0.0283. The van der Waals surface area contributed by atoms with Crippen molar-refractivity contribution >= 4 is 16.0 Å². The fourth-order valence-corrected chi connectivity index (χ4v) is 6.98. The lowest BCUT2D eigenvalue weighted by Crippen LogP contribution is -2.50. The first-order valence-corrected chi connectivity index (χ1v) is 23.1. The minimum Gasteiger partial charge on any atom is -0.387 e. The molecule has 0 spiro atoms. The van der Waals surface area contributed by atoms with Crippen molar-refractivity contribution in [2.24, 2.45) is 0 Å². The smallest absolute Gasteiger partial charge is 0.267 e. The normalized spacial score (nSPS) is 14.3. The molecule has 1 amide bonds. The molecule has 0 radical (unpaired) electrons. The van der Waals surface area contributed by atoms with Crippen LogP contribution in [0.25, 0.3) is 0 Å². The highest BCUT2D eigenvalue weighted by molar-refractivity contribution is 7.85. The Morgan fingerprint density at radius 1 is 0.519 bits per heavy atom. The number of hydrogen-bond acceptors (Lipinski definition) is 5. The maximum atomic E-state index is 12.6. The molecule has 0 aliphatic heterocycles. The molecule has 0 saturated carbocycles. The largest absolute Gasteiger partial charge is 0.387 e. The van der Waals surface area contributed by atoms with Gasteiger partial charge in [-0.05, 0) is 70.6 Å². The molecule has 4 N–H and O–H groups in total. The molecular formula is C44H81NO6S. The third-order valence-electron chi connectivity index (χ3n) is 9.56. The summed E-state index contributed by atoms with van der Waals surface area (Å²) in [6.07, 6.45) is 47.5. The summed E-state index contributed by atoms with van der Waals surface area (Å²) in [6, 6.07) is -1.26.